The zero-order valence-electron chi connectivity index (χ0n) is 12.4. The van der Waals surface area contributed by atoms with Gasteiger partial charge >= 0.3 is 0 Å². The molecule has 2 saturated carbocycles. The van der Waals surface area contributed by atoms with Crippen LogP contribution >= 0.6 is 15.9 Å². The Bertz CT molecular complexity index is 571. The minimum Gasteiger partial charge on any atom is -0.496 e. The normalized spacial score (nSPS) is 25.0. The fourth-order valence-electron chi connectivity index (χ4n) is 3.76. The molecule has 0 aliphatic heterocycles. The highest BCUT2D eigenvalue weighted by Crippen LogP contribution is 2.41. The summed E-state index contributed by atoms with van der Waals surface area (Å²) in [5.41, 5.74) is 1.96. The zero-order chi connectivity index (χ0) is 14.8. The molecule has 0 amide bonds. The third-order valence-electron chi connectivity index (χ3n) is 4.87. The summed E-state index contributed by atoms with van der Waals surface area (Å²) >= 11 is 3.49. The molecule has 0 saturated heterocycles. The van der Waals surface area contributed by atoms with Crippen molar-refractivity contribution in [3.63, 3.8) is 0 Å². The van der Waals surface area contributed by atoms with E-state index in [0.29, 0.717) is 11.7 Å². The summed E-state index contributed by atoms with van der Waals surface area (Å²) in [5, 5.41) is 0. The van der Waals surface area contributed by atoms with Crippen molar-refractivity contribution in [3.05, 3.63) is 33.8 Å². The van der Waals surface area contributed by atoms with Gasteiger partial charge < -0.3 is 4.74 Å². The van der Waals surface area contributed by atoms with Crippen molar-refractivity contribution in [3.8, 4) is 5.75 Å². The number of allylic oxidation sites excluding steroid dienone is 1. The van der Waals surface area contributed by atoms with Crippen molar-refractivity contribution in [2.75, 3.05) is 7.11 Å². The molecule has 3 rings (SSSR count). The van der Waals surface area contributed by atoms with Crippen LogP contribution in [0, 0.1) is 11.8 Å². The van der Waals surface area contributed by atoms with Crippen molar-refractivity contribution in [1.82, 2.24) is 0 Å². The molecule has 0 heterocycles. The van der Waals surface area contributed by atoms with Crippen molar-refractivity contribution in [2.45, 2.75) is 38.5 Å². The number of carbonyl (C=O) groups is 1. The Morgan fingerprint density at radius 2 is 2.00 bits per heavy atom. The van der Waals surface area contributed by atoms with Crippen molar-refractivity contribution in [2.24, 2.45) is 11.8 Å². The molecule has 1 unspecified atom stereocenters. The number of methoxy groups -OCH3 is 1. The number of ketones is 1. The molecule has 0 radical (unpaired) electrons. The van der Waals surface area contributed by atoms with Gasteiger partial charge in [0.15, 0.2) is 5.78 Å². The van der Waals surface area contributed by atoms with E-state index in [1.54, 1.807) is 7.11 Å². The largest absolute Gasteiger partial charge is 0.496 e. The minimum atomic E-state index is 0.275. The molecule has 1 aromatic rings. The highest BCUT2D eigenvalue weighted by molar-refractivity contribution is 9.10. The van der Waals surface area contributed by atoms with E-state index in [4.69, 9.17) is 4.74 Å². The molecule has 1 atom stereocenters. The molecule has 2 aliphatic carbocycles. The quantitative estimate of drug-likeness (QED) is 0.717. The average molecular weight is 349 g/mol. The number of benzene rings is 1. The van der Waals surface area contributed by atoms with Gasteiger partial charge in [0.1, 0.15) is 5.75 Å². The molecule has 3 heteroatoms. The Labute approximate surface area is 134 Å². The minimum absolute atomic E-state index is 0.275. The van der Waals surface area contributed by atoms with Crippen LogP contribution in [0.4, 0.5) is 0 Å². The van der Waals surface area contributed by atoms with Crippen LogP contribution in [0.25, 0.3) is 6.08 Å². The maximum atomic E-state index is 12.7. The topological polar surface area (TPSA) is 26.3 Å². The lowest BCUT2D eigenvalue weighted by molar-refractivity contribution is -0.119. The fourth-order valence-corrected chi connectivity index (χ4v) is 4.14. The Hall–Kier alpha value is -1.09. The first kappa shape index (κ1) is 14.8. The van der Waals surface area contributed by atoms with E-state index >= 15 is 0 Å². The van der Waals surface area contributed by atoms with E-state index in [0.717, 1.165) is 34.2 Å². The molecule has 0 N–H and O–H groups in total. The Balaban J connectivity index is 1.84. The summed E-state index contributed by atoms with van der Waals surface area (Å²) in [4.78, 5) is 12.7. The number of Topliss-reactive ketones (excluding diaryl/α,β-unsaturated/α-hetero) is 1. The molecule has 0 bridgehead atoms. The molecule has 0 spiro atoms. The Kier molecular flexibility index (Phi) is 4.48. The highest BCUT2D eigenvalue weighted by Gasteiger charge is 2.36. The second-order valence-corrected chi connectivity index (χ2v) is 7.03. The third kappa shape index (κ3) is 3.08. The number of hydrogen-bond acceptors (Lipinski definition) is 2. The second-order valence-electron chi connectivity index (χ2n) is 6.11. The van der Waals surface area contributed by atoms with Crippen molar-refractivity contribution >= 4 is 27.8 Å². The Morgan fingerprint density at radius 3 is 2.71 bits per heavy atom. The van der Waals surface area contributed by atoms with Gasteiger partial charge in [-0.3, -0.25) is 4.79 Å². The van der Waals surface area contributed by atoms with Crippen LogP contribution in [0.3, 0.4) is 0 Å². The van der Waals surface area contributed by atoms with Crippen LogP contribution < -0.4 is 4.74 Å². The monoisotopic (exact) mass is 348 g/mol. The standard InChI is InChI=1S/C18H21BrO2/c1-21-17-9-7-15(19)11-14(17)10-13-6-8-16(18(13)20)12-4-2-3-5-12/h7,9-12,16H,2-6,8H2,1H3/b13-10+. The zero-order valence-corrected chi connectivity index (χ0v) is 14.0. The fraction of sp³-hybridized carbons (Fsp3) is 0.500. The van der Waals surface area contributed by atoms with E-state index in [-0.39, 0.29) is 5.92 Å². The molecule has 21 heavy (non-hydrogen) atoms. The van der Waals surface area contributed by atoms with E-state index in [2.05, 4.69) is 15.9 Å². The van der Waals surface area contributed by atoms with Gasteiger partial charge in [0.2, 0.25) is 0 Å². The molecular formula is C18H21BrO2. The first-order valence-electron chi connectivity index (χ1n) is 7.77. The molecule has 2 nitrogen and oxygen atoms in total. The predicted molar refractivity (Wildman–Crippen MR) is 88.4 cm³/mol. The van der Waals surface area contributed by atoms with E-state index in [1.165, 1.54) is 25.7 Å². The number of ether oxygens (including phenoxy) is 1. The maximum absolute atomic E-state index is 12.7. The summed E-state index contributed by atoms with van der Waals surface area (Å²) < 4.78 is 6.40. The third-order valence-corrected chi connectivity index (χ3v) is 5.36. The van der Waals surface area contributed by atoms with Gasteiger partial charge in [-0.25, -0.2) is 0 Å². The number of halogens is 1. The van der Waals surface area contributed by atoms with Crippen LogP contribution in [0.2, 0.25) is 0 Å². The summed E-state index contributed by atoms with van der Waals surface area (Å²) in [5.74, 6) is 2.11. The summed E-state index contributed by atoms with van der Waals surface area (Å²) in [6.45, 7) is 0. The van der Waals surface area contributed by atoms with E-state index in [1.807, 2.05) is 24.3 Å². The molecule has 2 fully saturated rings. The highest BCUT2D eigenvalue weighted by atomic mass is 79.9. The first-order valence-corrected chi connectivity index (χ1v) is 8.56. The van der Waals surface area contributed by atoms with Crippen LogP contribution in [0.15, 0.2) is 28.2 Å². The summed E-state index contributed by atoms with van der Waals surface area (Å²) in [7, 11) is 1.67. The average Bonchev–Trinajstić information content (AvgIpc) is 3.10. The molecule has 112 valence electrons. The van der Waals surface area contributed by atoms with E-state index in [9.17, 15) is 4.79 Å². The number of carbonyl (C=O) groups excluding carboxylic acids is 1. The lowest BCUT2D eigenvalue weighted by Gasteiger charge is -2.15. The number of rotatable bonds is 3. The van der Waals surface area contributed by atoms with Gasteiger partial charge in [0, 0.05) is 16.0 Å². The van der Waals surface area contributed by atoms with Crippen LogP contribution in [0.5, 0.6) is 5.75 Å². The summed E-state index contributed by atoms with van der Waals surface area (Å²) in [6.07, 6.45) is 9.05. The molecule has 0 aromatic heterocycles. The SMILES string of the molecule is COc1ccc(Br)cc1/C=C1\CCC(C2CCCC2)C1=O. The van der Waals surface area contributed by atoms with Crippen LogP contribution in [-0.2, 0) is 4.79 Å². The Morgan fingerprint density at radius 1 is 1.24 bits per heavy atom. The van der Waals surface area contributed by atoms with Gasteiger partial charge in [-0.05, 0) is 61.4 Å². The summed E-state index contributed by atoms with van der Waals surface area (Å²) in [6, 6.07) is 5.91. The van der Waals surface area contributed by atoms with Gasteiger partial charge in [0.25, 0.3) is 0 Å². The van der Waals surface area contributed by atoms with Crippen LogP contribution in [0.1, 0.15) is 44.1 Å². The molecular weight excluding hydrogens is 328 g/mol. The van der Waals surface area contributed by atoms with Crippen molar-refractivity contribution < 1.29 is 9.53 Å². The van der Waals surface area contributed by atoms with Crippen molar-refractivity contribution in [1.29, 1.82) is 0 Å². The van der Waals surface area contributed by atoms with Gasteiger partial charge in [-0.1, -0.05) is 28.8 Å². The smallest absolute Gasteiger partial charge is 0.162 e. The first-order chi connectivity index (χ1) is 10.2. The van der Waals surface area contributed by atoms with E-state index < -0.39 is 0 Å². The van der Waals surface area contributed by atoms with Gasteiger partial charge in [-0.15, -0.1) is 0 Å². The van der Waals surface area contributed by atoms with Gasteiger partial charge in [-0.2, -0.15) is 0 Å². The molecule has 2 aliphatic rings. The lowest BCUT2D eigenvalue weighted by atomic mass is 9.88. The molecule has 1 aromatic carbocycles. The van der Waals surface area contributed by atoms with Gasteiger partial charge in [0.05, 0.1) is 7.11 Å². The second kappa shape index (κ2) is 6.35. The lowest BCUT2D eigenvalue weighted by Crippen LogP contribution is -2.16. The predicted octanol–water partition coefficient (Wildman–Crippen LogP) is 5.01. The number of hydrogen-bond donors (Lipinski definition) is 0. The van der Waals surface area contributed by atoms with Crippen LogP contribution in [-0.4, -0.2) is 12.9 Å². The maximum Gasteiger partial charge on any atom is 0.162 e.